The Morgan fingerprint density at radius 2 is 2.21 bits per heavy atom. The molecule has 0 unspecified atom stereocenters. The molecule has 0 bridgehead atoms. The number of carbonyl (C=O) groups is 2. The van der Waals surface area contributed by atoms with E-state index in [1.54, 1.807) is 7.11 Å². The van der Waals surface area contributed by atoms with Crippen molar-refractivity contribution in [2.75, 3.05) is 7.11 Å². The maximum Gasteiger partial charge on any atom is 0.306 e. The zero-order valence-corrected chi connectivity index (χ0v) is 14.7. The quantitative estimate of drug-likeness (QED) is 0.384. The fourth-order valence-corrected chi connectivity index (χ4v) is 3.28. The fourth-order valence-electron chi connectivity index (χ4n) is 3.28. The highest BCUT2D eigenvalue weighted by Gasteiger charge is 2.45. The SMILES string of the molecule is CCCCC[C@@H](/C=C/[C@H]1O[C@H](OC)C[C@@H]2OC(=O)C[C@@H]21)OC(C)=O. The number of carbonyl (C=O) groups excluding carboxylic acids is 2. The standard InChI is InChI=1S/C18H28O6/c1-4-5-6-7-13(22-12(2)19)8-9-15-14-10-17(20)23-16(14)11-18(21-3)24-15/h8-9,13-16,18H,4-7,10-11H2,1-3H3/b9-8+/t13-,14+,15+,16-,18-/m0/s1. The van der Waals surface area contributed by atoms with Crippen LogP contribution >= 0.6 is 0 Å². The fraction of sp³-hybridized carbons (Fsp3) is 0.778. The number of methoxy groups -OCH3 is 1. The molecule has 2 aliphatic rings. The van der Waals surface area contributed by atoms with Crippen LogP contribution in [0.5, 0.6) is 0 Å². The summed E-state index contributed by atoms with van der Waals surface area (Å²) in [5, 5.41) is 0. The molecular formula is C18H28O6. The van der Waals surface area contributed by atoms with Gasteiger partial charge in [0, 0.05) is 26.4 Å². The summed E-state index contributed by atoms with van der Waals surface area (Å²) in [5.74, 6) is -0.491. The van der Waals surface area contributed by atoms with Gasteiger partial charge in [-0.3, -0.25) is 9.59 Å². The van der Waals surface area contributed by atoms with E-state index in [0.717, 1.165) is 25.7 Å². The Bertz CT molecular complexity index is 460. The molecule has 2 aliphatic heterocycles. The molecule has 0 radical (unpaired) electrons. The van der Waals surface area contributed by atoms with Crippen molar-refractivity contribution in [3.8, 4) is 0 Å². The summed E-state index contributed by atoms with van der Waals surface area (Å²) in [6.45, 7) is 3.55. The third kappa shape index (κ3) is 5.31. The van der Waals surface area contributed by atoms with Crippen LogP contribution < -0.4 is 0 Å². The topological polar surface area (TPSA) is 71.1 Å². The van der Waals surface area contributed by atoms with E-state index in [4.69, 9.17) is 18.9 Å². The first-order chi connectivity index (χ1) is 11.5. The van der Waals surface area contributed by atoms with Crippen LogP contribution in [0.4, 0.5) is 0 Å². The van der Waals surface area contributed by atoms with Crippen molar-refractivity contribution in [3.05, 3.63) is 12.2 Å². The van der Waals surface area contributed by atoms with Crippen molar-refractivity contribution in [2.24, 2.45) is 5.92 Å². The van der Waals surface area contributed by atoms with Crippen LogP contribution in [0.15, 0.2) is 12.2 Å². The van der Waals surface area contributed by atoms with Crippen molar-refractivity contribution in [3.63, 3.8) is 0 Å². The molecule has 24 heavy (non-hydrogen) atoms. The molecule has 0 spiro atoms. The summed E-state index contributed by atoms with van der Waals surface area (Å²) >= 11 is 0. The van der Waals surface area contributed by atoms with Crippen LogP contribution in [0.1, 0.15) is 52.4 Å². The van der Waals surface area contributed by atoms with Crippen LogP contribution in [0.3, 0.4) is 0 Å². The second kappa shape index (κ2) is 9.18. The Balaban J connectivity index is 2.01. The molecule has 6 nitrogen and oxygen atoms in total. The van der Waals surface area contributed by atoms with Crippen molar-refractivity contribution in [2.45, 2.75) is 77.0 Å². The van der Waals surface area contributed by atoms with Gasteiger partial charge in [-0.05, 0) is 18.9 Å². The number of hydrogen-bond acceptors (Lipinski definition) is 6. The van der Waals surface area contributed by atoms with E-state index in [9.17, 15) is 9.59 Å². The van der Waals surface area contributed by atoms with Crippen LogP contribution in [-0.2, 0) is 28.5 Å². The molecule has 0 N–H and O–H groups in total. The van der Waals surface area contributed by atoms with Gasteiger partial charge in [0.2, 0.25) is 0 Å². The van der Waals surface area contributed by atoms with Crippen molar-refractivity contribution in [1.82, 2.24) is 0 Å². The van der Waals surface area contributed by atoms with Crippen LogP contribution in [0.25, 0.3) is 0 Å². The summed E-state index contributed by atoms with van der Waals surface area (Å²) in [4.78, 5) is 22.9. The lowest BCUT2D eigenvalue weighted by Crippen LogP contribution is -2.42. The summed E-state index contributed by atoms with van der Waals surface area (Å²) in [5.41, 5.74) is 0. The van der Waals surface area contributed by atoms with Gasteiger partial charge in [-0.2, -0.15) is 0 Å². The van der Waals surface area contributed by atoms with Crippen LogP contribution in [-0.4, -0.2) is 43.7 Å². The Morgan fingerprint density at radius 1 is 1.42 bits per heavy atom. The van der Waals surface area contributed by atoms with E-state index in [1.165, 1.54) is 6.92 Å². The minimum Gasteiger partial charge on any atom is -0.462 e. The lowest BCUT2D eigenvalue weighted by atomic mass is 9.89. The first-order valence-electron chi connectivity index (χ1n) is 8.76. The first-order valence-corrected chi connectivity index (χ1v) is 8.76. The molecule has 2 fully saturated rings. The number of esters is 2. The average Bonchev–Trinajstić information content (AvgIpc) is 2.91. The number of rotatable bonds is 8. The maximum atomic E-state index is 11.6. The van der Waals surface area contributed by atoms with Gasteiger partial charge in [0.05, 0.1) is 12.5 Å². The van der Waals surface area contributed by atoms with Crippen LogP contribution in [0, 0.1) is 5.92 Å². The molecule has 0 aromatic rings. The number of fused-ring (bicyclic) bond motifs is 1. The second-order valence-corrected chi connectivity index (χ2v) is 6.43. The van der Waals surface area contributed by atoms with E-state index < -0.39 is 0 Å². The van der Waals surface area contributed by atoms with Gasteiger partial charge >= 0.3 is 11.9 Å². The Morgan fingerprint density at radius 3 is 2.88 bits per heavy atom. The minimum atomic E-state index is -0.390. The molecule has 136 valence electrons. The highest BCUT2D eigenvalue weighted by atomic mass is 16.7. The van der Waals surface area contributed by atoms with Crippen molar-refractivity contribution < 1.29 is 28.5 Å². The van der Waals surface area contributed by atoms with E-state index in [1.807, 2.05) is 12.2 Å². The van der Waals surface area contributed by atoms with Crippen LogP contribution in [0.2, 0.25) is 0 Å². The van der Waals surface area contributed by atoms with Gasteiger partial charge in [-0.1, -0.05) is 25.8 Å². The van der Waals surface area contributed by atoms with E-state index in [0.29, 0.717) is 12.8 Å². The number of ether oxygens (including phenoxy) is 4. The zero-order chi connectivity index (χ0) is 17.5. The summed E-state index contributed by atoms with van der Waals surface area (Å²) in [6.07, 6.45) is 7.58. The highest BCUT2D eigenvalue weighted by molar-refractivity contribution is 5.72. The van der Waals surface area contributed by atoms with Gasteiger partial charge in [0.25, 0.3) is 0 Å². The third-order valence-corrected chi connectivity index (χ3v) is 4.51. The average molecular weight is 340 g/mol. The predicted octanol–water partition coefficient (Wildman–Crippen LogP) is 2.75. The molecule has 0 aromatic carbocycles. The van der Waals surface area contributed by atoms with Gasteiger partial charge in [-0.15, -0.1) is 0 Å². The van der Waals surface area contributed by atoms with Gasteiger partial charge in [0.1, 0.15) is 12.2 Å². The molecule has 6 heteroatoms. The lowest BCUT2D eigenvalue weighted by Gasteiger charge is -2.35. The molecule has 0 saturated carbocycles. The minimum absolute atomic E-state index is 0.00577. The smallest absolute Gasteiger partial charge is 0.306 e. The highest BCUT2D eigenvalue weighted by Crippen LogP contribution is 2.36. The summed E-state index contributed by atoms with van der Waals surface area (Å²) in [6, 6.07) is 0. The molecule has 0 aliphatic carbocycles. The number of hydrogen-bond donors (Lipinski definition) is 0. The van der Waals surface area contributed by atoms with E-state index in [-0.39, 0.29) is 42.5 Å². The third-order valence-electron chi connectivity index (χ3n) is 4.51. The molecular weight excluding hydrogens is 312 g/mol. The molecule has 2 saturated heterocycles. The largest absolute Gasteiger partial charge is 0.462 e. The second-order valence-electron chi connectivity index (χ2n) is 6.43. The molecule has 2 rings (SSSR count). The summed E-state index contributed by atoms with van der Waals surface area (Å²) in [7, 11) is 1.58. The van der Waals surface area contributed by atoms with Crippen molar-refractivity contribution >= 4 is 11.9 Å². The van der Waals surface area contributed by atoms with Gasteiger partial charge in [-0.25, -0.2) is 0 Å². The first kappa shape index (κ1) is 18.9. The van der Waals surface area contributed by atoms with E-state index >= 15 is 0 Å². The maximum absolute atomic E-state index is 11.6. The Kier molecular flexibility index (Phi) is 7.24. The molecule has 5 atom stereocenters. The number of unbranched alkanes of at least 4 members (excludes halogenated alkanes) is 2. The molecule has 0 aromatic heterocycles. The van der Waals surface area contributed by atoms with Gasteiger partial charge in [0.15, 0.2) is 6.29 Å². The van der Waals surface area contributed by atoms with Gasteiger partial charge < -0.3 is 18.9 Å². The monoisotopic (exact) mass is 340 g/mol. The van der Waals surface area contributed by atoms with Crippen molar-refractivity contribution in [1.29, 1.82) is 0 Å². The predicted molar refractivity (Wildman–Crippen MR) is 87.1 cm³/mol. The summed E-state index contributed by atoms with van der Waals surface area (Å²) < 4.78 is 21.9. The lowest BCUT2D eigenvalue weighted by molar-refractivity contribution is -0.205. The molecule has 0 amide bonds. The Hall–Kier alpha value is -1.40. The zero-order valence-electron chi connectivity index (χ0n) is 14.7. The molecule has 2 heterocycles. The normalized spacial score (nSPS) is 30.9. The Labute approximate surface area is 143 Å². The van der Waals surface area contributed by atoms with E-state index in [2.05, 4.69) is 6.92 Å².